The molecule has 0 aliphatic heterocycles. The molecule has 0 aromatic heterocycles. The second-order valence-electron chi connectivity index (χ2n) is 9.53. The molecule has 2 aromatic rings. The number of benzene rings is 2. The third kappa shape index (κ3) is 13.1. The average Bonchev–Trinajstić information content (AvgIpc) is 2.89. The van der Waals surface area contributed by atoms with Crippen molar-refractivity contribution in [2.24, 2.45) is 0 Å². The molecule has 2 aromatic carbocycles. The molecular formula is C27H40N3O10P. The topological polar surface area (TPSA) is 177 Å². The summed E-state index contributed by atoms with van der Waals surface area (Å²) in [6.45, 7) is 3.34. The lowest BCUT2D eigenvalue weighted by molar-refractivity contribution is -0.143. The van der Waals surface area contributed by atoms with E-state index in [0.717, 1.165) is 16.3 Å². The van der Waals surface area contributed by atoms with Crippen molar-refractivity contribution >= 4 is 36.5 Å². The number of aliphatic carboxylic acids is 3. The summed E-state index contributed by atoms with van der Waals surface area (Å²) in [5.74, 6) is -3.54. The molecule has 0 heterocycles. The minimum Gasteiger partial charge on any atom is -0.480 e. The van der Waals surface area contributed by atoms with Gasteiger partial charge in [-0.05, 0) is 35.8 Å². The molecule has 0 saturated heterocycles. The zero-order valence-electron chi connectivity index (χ0n) is 23.4. The largest absolute Gasteiger partial charge is 0.480 e. The molecule has 13 nitrogen and oxygen atoms in total. The summed E-state index contributed by atoms with van der Waals surface area (Å²) >= 11 is 0. The van der Waals surface area contributed by atoms with Crippen molar-refractivity contribution in [1.82, 2.24) is 14.7 Å². The van der Waals surface area contributed by atoms with E-state index in [2.05, 4.69) is 0 Å². The SMILES string of the molecule is CCN(CC)C(COP(=O)(O)OCCc1ccc2ccccc2c1)CN(CCN(CC(=O)O)CC(=O)O)CC(=O)O. The van der Waals surface area contributed by atoms with E-state index in [9.17, 15) is 28.9 Å². The minimum absolute atomic E-state index is 0.00587. The Morgan fingerprint density at radius 1 is 0.829 bits per heavy atom. The fraction of sp³-hybridized carbons (Fsp3) is 0.519. The van der Waals surface area contributed by atoms with Crippen LogP contribution in [0, 0.1) is 0 Å². The van der Waals surface area contributed by atoms with E-state index in [1.165, 1.54) is 9.80 Å². The third-order valence-electron chi connectivity index (χ3n) is 6.50. The van der Waals surface area contributed by atoms with Gasteiger partial charge >= 0.3 is 25.7 Å². The van der Waals surface area contributed by atoms with Gasteiger partial charge in [0.1, 0.15) is 0 Å². The van der Waals surface area contributed by atoms with Gasteiger partial charge in [0.05, 0.1) is 32.8 Å². The van der Waals surface area contributed by atoms with E-state index in [1.54, 1.807) is 0 Å². The van der Waals surface area contributed by atoms with Crippen molar-refractivity contribution < 1.29 is 48.2 Å². The lowest BCUT2D eigenvalue weighted by Crippen LogP contribution is -2.49. The summed E-state index contributed by atoms with van der Waals surface area (Å²) in [6, 6.07) is 13.3. The number of hydrogen-bond acceptors (Lipinski definition) is 9. The molecule has 0 radical (unpaired) electrons. The van der Waals surface area contributed by atoms with Crippen molar-refractivity contribution in [2.45, 2.75) is 26.3 Å². The monoisotopic (exact) mass is 597 g/mol. The number of likely N-dealkylation sites (N-methyl/N-ethyl adjacent to an activating group) is 1. The van der Waals surface area contributed by atoms with E-state index >= 15 is 0 Å². The molecule has 0 amide bonds. The van der Waals surface area contributed by atoms with Gasteiger partial charge in [0.2, 0.25) is 0 Å². The zero-order chi connectivity index (χ0) is 30.4. The van der Waals surface area contributed by atoms with Gasteiger partial charge < -0.3 is 20.2 Å². The Balaban J connectivity index is 2.01. The molecule has 0 saturated carbocycles. The van der Waals surface area contributed by atoms with Crippen LogP contribution in [0.2, 0.25) is 0 Å². The van der Waals surface area contributed by atoms with Gasteiger partial charge in [-0.1, -0.05) is 56.3 Å². The maximum Gasteiger partial charge on any atom is 0.472 e. The summed E-state index contributed by atoms with van der Waals surface area (Å²) in [6.07, 6.45) is 0.397. The molecule has 4 N–H and O–H groups in total. The van der Waals surface area contributed by atoms with E-state index in [-0.39, 0.29) is 32.8 Å². The molecule has 0 aliphatic carbocycles. The molecule has 2 rings (SSSR count). The number of fused-ring (bicyclic) bond motifs is 1. The van der Waals surface area contributed by atoms with Gasteiger partial charge in [-0.2, -0.15) is 0 Å². The quantitative estimate of drug-likeness (QED) is 0.154. The Kier molecular flexibility index (Phi) is 14.3. The number of carboxylic acid groups (broad SMARTS) is 3. The van der Waals surface area contributed by atoms with Gasteiger partial charge in [0, 0.05) is 25.7 Å². The molecule has 2 atom stereocenters. The van der Waals surface area contributed by atoms with Crippen LogP contribution in [0.3, 0.4) is 0 Å². The molecule has 0 fully saturated rings. The van der Waals surface area contributed by atoms with Crippen molar-refractivity contribution in [3.05, 3.63) is 48.0 Å². The third-order valence-corrected chi connectivity index (χ3v) is 7.48. The highest BCUT2D eigenvalue weighted by Crippen LogP contribution is 2.43. The van der Waals surface area contributed by atoms with E-state index < -0.39 is 51.4 Å². The van der Waals surface area contributed by atoms with Crippen molar-refractivity contribution in [1.29, 1.82) is 0 Å². The summed E-state index contributed by atoms with van der Waals surface area (Å²) in [5.41, 5.74) is 0.939. The maximum absolute atomic E-state index is 12.7. The standard InChI is InChI=1S/C27H40N3O10P/c1-3-30(4-2)24(16-28(17-25(31)32)12-13-29(18-26(33)34)19-27(35)36)20-40-41(37,38)39-14-11-21-9-10-22-7-5-6-8-23(22)15-21/h5-10,15,24H,3-4,11-14,16-20H2,1-2H3,(H,31,32)(H,33,34)(H,35,36)(H,37,38). The summed E-state index contributed by atoms with van der Waals surface area (Å²) in [7, 11) is -4.43. The second-order valence-corrected chi connectivity index (χ2v) is 11.0. The van der Waals surface area contributed by atoms with Gasteiger partial charge in [0.15, 0.2) is 0 Å². The number of hydrogen-bond donors (Lipinski definition) is 4. The van der Waals surface area contributed by atoms with E-state index in [4.69, 9.17) is 19.3 Å². The van der Waals surface area contributed by atoms with Crippen LogP contribution >= 0.6 is 7.82 Å². The normalized spacial score (nSPS) is 14.0. The van der Waals surface area contributed by atoms with Crippen LogP contribution in [-0.2, 0) is 34.4 Å². The fourth-order valence-electron chi connectivity index (χ4n) is 4.51. The van der Waals surface area contributed by atoms with Crippen LogP contribution in [0.25, 0.3) is 10.8 Å². The summed E-state index contributed by atoms with van der Waals surface area (Å²) < 4.78 is 23.2. The Hall–Kier alpha value is -2.90. The number of carbonyl (C=O) groups is 3. The molecule has 14 heteroatoms. The van der Waals surface area contributed by atoms with Crippen molar-refractivity contribution in [3.8, 4) is 0 Å². The highest BCUT2D eigenvalue weighted by atomic mass is 31.2. The van der Waals surface area contributed by atoms with Gasteiger partial charge in [-0.15, -0.1) is 0 Å². The first-order valence-electron chi connectivity index (χ1n) is 13.4. The lowest BCUT2D eigenvalue weighted by atomic mass is 10.1. The number of rotatable bonds is 21. The summed E-state index contributed by atoms with van der Waals surface area (Å²) in [4.78, 5) is 48.7. The van der Waals surface area contributed by atoms with Crippen molar-refractivity contribution in [2.75, 3.05) is 65.6 Å². The minimum atomic E-state index is -4.43. The molecule has 41 heavy (non-hydrogen) atoms. The second kappa shape index (κ2) is 17.1. The van der Waals surface area contributed by atoms with Crippen LogP contribution in [0.1, 0.15) is 19.4 Å². The van der Waals surface area contributed by atoms with Crippen LogP contribution in [0.4, 0.5) is 0 Å². The molecular weight excluding hydrogens is 557 g/mol. The Morgan fingerprint density at radius 2 is 1.39 bits per heavy atom. The maximum atomic E-state index is 12.7. The fourth-order valence-corrected chi connectivity index (χ4v) is 5.26. The predicted octanol–water partition coefficient (Wildman–Crippen LogP) is 2.08. The molecule has 2 unspecified atom stereocenters. The molecule has 228 valence electrons. The Morgan fingerprint density at radius 3 is 1.98 bits per heavy atom. The van der Waals surface area contributed by atoms with Gasteiger partial charge in [-0.25, -0.2) is 4.57 Å². The number of nitrogens with zero attached hydrogens (tertiary/aromatic N) is 3. The molecule has 0 bridgehead atoms. The molecule has 0 spiro atoms. The highest BCUT2D eigenvalue weighted by molar-refractivity contribution is 7.47. The van der Waals surface area contributed by atoms with Crippen LogP contribution in [-0.4, -0.2) is 124 Å². The summed E-state index contributed by atoms with van der Waals surface area (Å²) in [5, 5.41) is 29.7. The van der Waals surface area contributed by atoms with Gasteiger partial charge in [0.25, 0.3) is 0 Å². The molecule has 0 aliphatic rings. The van der Waals surface area contributed by atoms with Crippen LogP contribution in [0.15, 0.2) is 42.5 Å². The number of phosphoric acid groups is 1. The van der Waals surface area contributed by atoms with E-state index in [1.807, 2.05) is 61.2 Å². The van der Waals surface area contributed by atoms with Crippen LogP contribution in [0.5, 0.6) is 0 Å². The number of phosphoric ester groups is 1. The number of carboxylic acids is 3. The first-order chi connectivity index (χ1) is 19.4. The lowest BCUT2D eigenvalue weighted by Gasteiger charge is -2.34. The highest BCUT2D eigenvalue weighted by Gasteiger charge is 2.28. The van der Waals surface area contributed by atoms with Crippen LogP contribution < -0.4 is 0 Å². The Bertz CT molecular complexity index is 1180. The van der Waals surface area contributed by atoms with Gasteiger partial charge in [-0.3, -0.25) is 38.1 Å². The smallest absolute Gasteiger partial charge is 0.472 e. The van der Waals surface area contributed by atoms with Crippen molar-refractivity contribution in [3.63, 3.8) is 0 Å². The average molecular weight is 598 g/mol. The zero-order valence-corrected chi connectivity index (χ0v) is 24.3. The predicted molar refractivity (Wildman–Crippen MR) is 152 cm³/mol. The Labute approximate surface area is 239 Å². The van der Waals surface area contributed by atoms with E-state index in [0.29, 0.717) is 19.5 Å². The first-order valence-corrected chi connectivity index (χ1v) is 14.9. The first kappa shape index (κ1) is 34.3.